The van der Waals surface area contributed by atoms with Crippen LogP contribution in [0.3, 0.4) is 0 Å². The molecule has 0 aromatic heterocycles. The summed E-state index contributed by atoms with van der Waals surface area (Å²) in [6.45, 7) is 0. The Kier molecular flexibility index (Phi) is 7.34. The van der Waals surface area contributed by atoms with E-state index in [4.69, 9.17) is 0 Å². The van der Waals surface area contributed by atoms with Gasteiger partial charge in [-0.2, -0.15) is 6.08 Å². The zero-order chi connectivity index (χ0) is 13.3. The monoisotopic (exact) mass is 303 g/mol. The van der Waals surface area contributed by atoms with Gasteiger partial charge in [0.1, 0.15) is 0 Å². The van der Waals surface area contributed by atoms with Crippen molar-refractivity contribution < 1.29 is 21.9 Å². The standard InChI is InChI=1S/C13H10O.C5H5.Fe/c14-13(11-7-3-1-4-8-11)12-9-5-2-6-10-12;1-2-4-5-3-1;/h1-10H;1-3H,4H2;/q;-1;. The fourth-order valence-corrected chi connectivity index (χ4v) is 1.69. The average Bonchev–Trinajstić information content (AvgIpc) is 3.08. The van der Waals surface area contributed by atoms with E-state index in [0.717, 1.165) is 17.5 Å². The molecule has 0 spiro atoms. The van der Waals surface area contributed by atoms with Crippen molar-refractivity contribution in [1.82, 2.24) is 0 Å². The van der Waals surface area contributed by atoms with E-state index in [0.29, 0.717) is 0 Å². The predicted octanol–water partition coefficient (Wildman–Crippen LogP) is 4.22. The van der Waals surface area contributed by atoms with E-state index in [1.807, 2.05) is 72.8 Å². The molecule has 0 radical (unpaired) electrons. The second-order valence-corrected chi connectivity index (χ2v) is 4.06. The number of ketones is 1. The Bertz CT molecular complexity index is 519. The molecule has 3 rings (SSSR count). The number of carbonyl (C=O) groups excluding carboxylic acids is 1. The minimum Gasteiger partial charge on any atom is -0.289 e. The third kappa shape index (κ3) is 5.00. The largest absolute Gasteiger partial charge is 0.289 e. The number of benzene rings is 2. The zero-order valence-electron chi connectivity index (χ0n) is 11.0. The Balaban J connectivity index is 0.000000283. The summed E-state index contributed by atoms with van der Waals surface area (Å²) in [4.78, 5) is 11.8. The number of hydrogen-bond acceptors (Lipinski definition) is 1. The SMILES string of the molecule is O=C(c1ccccc1)c1ccccc1.[C-]1=CC=CC1.[Fe]. The van der Waals surface area contributed by atoms with Crippen molar-refractivity contribution >= 4 is 5.78 Å². The Hall–Kier alpha value is -1.89. The van der Waals surface area contributed by atoms with E-state index in [-0.39, 0.29) is 22.9 Å². The molecule has 0 unspecified atom stereocenters. The molecule has 0 saturated heterocycles. The van der Waals surface area contributed by atoms with E-state index in [1.54, 1.807) is 0 Å². The normalized spacial score (nSPS) is 11.2. The molecule has 0 heterocycles. The van der Waals surface area contributed by atoms with E-state index in [1.165, 1.54) is 0 Å². The molecular weight excluding hydrogens is 288 g/mol. The summed E-state index contributed by atoms with van der Waals surface area (Å²) >= 11 is 0. The third-order valence-electron chi connectivity index (χ3n) is 2.66. The minimum atomic E-state index is 0. The molecular formula is C18H15FeO-. The molecule has 1 aliphatic carbocycles. The van der Waals surface area contributed by atoms with Gasteiger partial charge in [0.05, 0.1) is 0 Å². The number of hydrogen-bond donors (Lipinski definition) is 0. The van der Waals surface area contributed by atoms with Gasteiger partial charge >= 0.3 is 0 Å². The fourth-order valence-electron chi connectivity index (χ4n) is 1.69. The topological polar surface area (TPSA) is 17.1 Å². The molecule has 1 nitrogen and oxygen atoms in total. The van der Waals surface area contributed by atoms with Crippen LogP contribution in [0.2, 0.25) is 0 Å². The van der Waals surface area contributed by atoms with Crippen molar-refractivity contribution in [2.45, 2.75) is 6.42 Å². The van der Waals surface area contributed by atoms with Crippen LogP contribution in [-0.4, -0.2) is 5.78 Å². The molecule has 0 atom stereocenters. The molecule has 2 aromatic rings. The number of allylic oxidation sites excluding steroid dienone is 4. The summed E-state index contributed by atoms with van der Waals surface area (Å²) in [5.41, 5.74) is 1.47. The van der Waals surface area contributed by atoms with Gasteiger partial charge in [-0.15, -0.1) is 6.42 Å². The second-order valence-electron chi connectivity index (χ2n) is 4.06. The Morgan fingerprint density at radius 2 is 1.35 bits per heavy atom. The van der Waals surface area contributed by atoms with Crippen LogP contribution < -0.4 is 0 Å². The van der Waals surface area contributed by atoms with Gasteiger partial charge in [-0.1, -0.05) is 60.7 Å². The summed E-state index contributed by atoms with van der Waals surface area (Å²) in [7, 11) is 0. The predicted molar refractivity (Wildman–Crippen MR) is 77.9 cm³/mol. The van der Waals surface area contributed by atoms with Crippen LogP contribution in [0.15, 0.2) is 78.9 Å². The van der Waals surface area contributed by atoms with Gasteiger partial charge in [-0.25, -0.2) is 12.2 Å². The van der Waals surface area contributed by atoms with Crippen LogP contribution in [0.25, 0.3) is 0 Å². The Morgan fingerprint density at radius 3 is 1.65 bits per heavy atom. The summed E-state index contributed by atoms with van der Waals surface area (Å²) in [5, 5.41) is 0. The van der Waals surface area contributed by atoms with Crippen molar-refractivity contribution in [3.8, 4) is 0 Å². The maximum absolute atomic E-state index is 11.8. The first-order chi connectivity index (χ1) is 9.38. The summed E-state index contributed by atoms with van der Waals surface area (Å²) in [6.07, 6.45) is 10.0. The second kappa shape index (κ2) is 9.08. The average molecular weight is 303 g/mol. The van der Waals surface area contributed by atoms with Crippen LogP contribution in [0, 0.1) is 6.08 Å². The van der Waals surface area contributed by atoms with Crippen LogP contribution in [-0.2, 0) is 17.1 Å². The van der Waals surface area contributed by atoms with Crippen molar-refractivity contribution in [2.75, 3.05) is 0 Å². The molecule has 2 heteroatoms. The molecule has 2 aromatic carbocycles. The number of rotatable bonds is 2. The van der Waals surface area contributed by atoms with Crippen molar-refractivity contribution in [1.29, 1.82) is 0 Å². The molecule has 0 aliphatic heterocycles. The van der Waals surface area contributed by atoms with E-state index in [2.05, 4.69) is 12.2 Å². The molecule has 1 aliphatic rings. The minimum absolute atomic E-state index is 0. The molecule has 0 N–H and O–H groups in total. The molecule has 0 saturated carbocycles. The summed E-state index contributed by atoms with van der Waals surface area (Å²) < 4.78 is 0. The van der Waals surface area contributed by atoms with Gasteiger partial charge in [0.25, 0.3) is 0 Å². The van der Waals surface area contributed by atoms with Crippen LogP contribution in [0.4, 0.5) is 0 Å². The molecule has 20 heavy (non-hydrogen) atoms. The maximum Gasteiger partial charge on any atom is 0.193 e. The van der Waals surface area contributed by atoms with E-state index >= 15 is 0 Å². The van der Waals surface area contributed by atoms with Gasteiger partial charge in [0.15, 0.2) is 5.78 Å². The third-order valence-corrected chi connectivity index (χ3v) is 2.66. The first-order valence-electron chi connectivity index (χ1n) is 6.24. The van der Waals surface area contributed by atoms with E-state index in [9.17, 15) is 4.79 Å². The summed E-state index contributed by atoms with van der Waals surface area (Å²) in [6, 6.07) is 18.6. The van der Waals surface area contributed by atoms with Crippen LogP contribution in [0.1, 0.15) is 22.3 Å². The van der Waals surface area contributed by atoms with E-state index < -0.39 is 0 Å². The first kappa shape index (κ1) is 16.2. The van der Waals surface area contributed by atoms with Gasteiger partial charge in [-0.3, -0.25) is 10.9 Å². The van der Waals surface area contributed by atoms with Gasteiger partial charge < -0.3 is 0 Å². The van der Waals surface area contributed by atoms with Crippen LogP contribution >= 0.6 is 0 Å². The molecule has 0 amide bonds. The van der Waals surface area contributed by atoms with Crippen molar-refractivity contribution in [3.63, 3.8) is 0 Å². The van der Waals surface area contributed by atoms with Gasteiger partial charge in [0, 0.05) is 28.2 Å². The number of carbonyl (C=O) groups is 1. The molecule has 0 fully saturated rings. The quantitative estimate of drug-likeness (QED) is 0.461. The first-order valence-corrected chi connectivity index (χ1v) is 6.24. The van der Waals surface area contributed by atoms with Crippen molar-refractivity contribution in [2.24, 2.45) is 0 Å². The van der Waals surface area contributed by atoms with Gasteiger partial charge in [-0.05, 0) is 0 Å². The smallest absolute Gasteiger partial charge is 0.193 e. The van der Waals surface area contributed by atoms with Crippen LogP contribution in [0.5, 0.6) is 0 Å². The maximum atomic E-state index is 11.8. The summed E-state index contributed by atoms with van der Waals surface area (Å²) in [5.74, 6) is 0.0752. The van der Waals surface area contributed by atoms with Crippen molar-refractivity contribution in [3.05, 3.63) is 96.1 Å². The molecule has 0 bridgehead atoms. The Morgan fingerprint density at radius 1 is 0.850 bits per heavy atom. The Labute approximate surface area is 130 Å². The fraction of sp³-hybridized carbons (Fsp3) is 0.0556. The van der Waals surface area contributed by atoms with Gasteiger partial charge in [0.2, 0.25) is 0 Å². The zero-order valence-corrected chi connectivity index (χ0v) is 12.1. The molecule has 102 valence electrons.